The van der Waals surface area contributed by atoms with Gasteiger partial charge < -0.3 is 10.5 Å². The summed E-state index contributed by atoms with van der Waals surface area (Å²) >= 11 is 3.28. The van der Waals surface area contributed by atoms with Gasteiger partial charge in [0, 0.05) is 4.47 Å². The van der Waals surface area contributed by atoms with Crippen LogP contribution in [-0.2, 0) is 4.74 Å². The van der Waals surface area contributed by atoms with Crippen LogP contribution in [0.15, 0.2) is 22.7 Å². The van der Waals surface area contributed by atoms with E-state index in [2.05, 4.69) is 22.9 Å². The summed E-state index contributed by atoms with van der Waals surface area (Å²) in [6.45, 7) is 3.94. The lowest BCUT2D eigenvalue weighted by Crippen LogP contribution is -2.16. The highest BCUT2D eigenvalue weighted by Gasteiger charge is 2.15. The standard InChI is InChI=1S/C12H16BrNO2/c1-3-5-8(2)16-12(15)9-6-4-7-10(13)11(9)14/h4,6-8H,3,5,14H2,1-2H3. The third-order valence-corrected chi connectivity index (χ3v) is 2.97. The molecule has 16 heavy (non-hydrogen) atoms. The number of halogens is 1. The number of ether oxygens (including phenoxy) is 1. The van der Waals surface area contributed by atoms with E-state index in [-0.39, 0.29) is 12.1 Å². The van der Waals surface area contributed by atoms with Gasteiger partial charge in [-0.2, -0.15) is 0 Å². The second-order valence-electron chi connectivity index (χ2n) is 3.71. The number of carbonyl (C=O) groups excluding carboxylic acids is 1. The van der Waals surface area contributed by atoms with Crippen molar-refractivity contribution in [3.8, 4) is 0 Å². The molecule has 4 heteroatoms. The van der Waals surface area contributed by atoms with Gasteiger partial charge >= 0.3 is 5.97 Å². The molecule has 0 aromatic heterocycles. The van der Waals surface area contributed by atoms with Crippen molar-refractivity contribution in [2.45, 2.75) is 32.8 Å². The number of benzene rings is 1. The Kier molecular flexibility index (Phi) is 4.80. The molecule has 0 saturated heterocycles. The maximum absolute atomic E-state index is 11.8. The van der Waals surface area contributed by atoms with Crippen molar-refractivity contribution in [2.75, 3.05) is 5.73 Å². The van der Waals surface area contributed by atoms with E-state index >= 15 is 0 Å². The maximum Gasteiger partial charge on any atom is 0.340 e. The second kappa shape index (κ2) is 5.89. The van der Waals surface area contributed by atoms with Gasteiger partial charge in [0.1, 0.15) is 0 Å². The molecule has 0 amide bonds. The number of rotatable bonds is 4. The summed E-state index contributed by atoms with van der Waals surface area (Å²) in [6.07, 6.45) is 1.78. The van der Waals surface area contributed by atoms with E-state index in [0.29, 0.717) is 15.7 Å². The predicted octanol–water partition coefficient (Wildman–Crippen LogP) is 3.38. The molecule has 1 rings (SSSR count). The molecule has 0 fully saturated rings. The third-order valence-electron chi connectivity index (χ3n) is 2.28. The Hall–Kier alpha value is -1.03. The van der Waals surface area contributed by atoms with E-state index in [9.17, 15) is 4.79 Å². The van der Waals surface area contributed by atoms with E-state index in [1.807, 2.05) is 6.92 Å². The summed E-state index contributed by atoms with van der Waals surface area (Å²) in [6, 6.07) is 5.23. The summed E-state index contributed by atoms with van der Waals surface area (Å²) in [5.41, 5.74) is 6.63. The van der Waals surface area contributed by atoms with Crippen LogP contribution in [0.25, 0.3) is 0 Å². The number of hydrogen-bond acceptors (Lipinski definition) is 3. The van der Waals surface area contributed by atoms with Crippen LogP contribution in [0.1, 0.15) is 37.0 Å². The summed E-state index contributed by atoms with van der Waals surface area (Å²) < 4.78 is 5.99. The first-order valence-electron chi connectivity index (χ1n) is 5.31. The molecule has 0 radical (unpaired) electrons. The topological polar surface area (TPSA) is 52.3 Å². The minimum atomic E-state index is -0.361. The third kappa shape index (κ3) is 3.23. The van der Waals surface area contributed by atoms with Crippen LogP contribution in [0, 0.1) is 0 Å². The molecule has 0 saturated carbocycles. The Morgan fingerprint density at radius 1 is 1.56 bits per heavy atom. The minimum Gasteiger partial charge on any atom is -0.459 e. The Morgan fingerprint density at radius 2 is 2.25 bits per heavy atom. The van der Waals surface area contributed by atoms with Gasteiger partial charge in [0.2, 0.25) is 0 Å². The van der Waals surface area contributed by atoms with E-state index in [1.54, 1.807) is 18.2 Å². The first-order valence-corrected chi connectivity index (χ1v) is 6.10. The van der Waals surface area contributed by atoms with Crippen LogP contribution in [-0.4, -0.2) is 12.1 Å². The molecule has 0 heterocycles. The Balaban J connectivity index is 2.77. The maximum atomic E-state index is 11.8. The number of nitrogen functional groups attached to an aromatic ring is 1. The molecular weight excluding hydrogens is 270 g/mol. The van der Waals surface area contributed by atoms with Crippen molar-refractivity contribution < 1.29 is 9.53 Å². The summed E-state index contributed by atoms with van der Waals surface area (Å²) in [5, 5.41) is 0. The fourth-order valence-electron chi connectivity index (χ4n) is 1.43. The highest BCUT2D eigenvalue weighted by Crippen LogP contribution is 2.24. The van der Waals surface area contributed by atoms with E-state index in [1.165, 1.54) is 0 Å². The monoisotopic (exact) mass is 285 g/mol. The molecule has 1 aromatic carbocycles. The highest BCUT2D eigenvalue weighted by atomic mass is 79.9. The second-order valence-corrected chi connectivity index (χ2v) is 4.56. The molecule has 3 nitrogen and oxygen atoms in total. The minimum absolute atomic E-state index is 0.0733. The fraction of sp³-hybridized carbons (Fsp3) is 0.417. The van der Waals surface area contributed by atoms with Crippen molar-refractivity contribution in [1.82, 2.24) is 0 Å². The number of carbonyl (C=O) groups is 1. The first kappa shape index (κ1) is 13.0. The van der Waals surface area contributed by atoms with Gasteiger partial charge in [0.15, 0.2) is 0 Å². The van der Waals surface area contributed by atoms with Gasteiger partial charge in [-0.25, -0.2) is 4.79 Å². The van der Waals surface area contributed by atoms with E-state index in [0.717, 1.165) is 12.8 Å². The average Bonchev–Trinajstić information content (AvgIpc) is 2.22. The molecule has 0 aliphatic heterocycles. The molecular formula is C12H16BrNO2. The molecule has 0 aliphatic rings. The van der Waals surface area contributed by atoms with Gasteiger partial charge in [0.25, 0.3) is 0 Å². The van der Waals surface area contributed by atoms with Gasteiger partial charge in [-0.3, -0.25) is 0 Å². The number of hydrogen-bond donors (Lipinski definition) is 1. The largest absolute Gasteiger partial charge is 0.459 e. The van der Waals surface area contributed by atoms with Crippen LogP contribution >= 0.6 is 15.9 Å². The van der Waals surface area contributed by atoms with Crippen LogP contribution in [0.5, 0.6) is 0 Å². The Bertz CT molecular complexity index is 379. The summed E-state index contributed by atoms with van der Waals surface area (Å²) in [5.74, 6) is -0.361. The van der Waals surface area contributed by atoms with Crippen molar-refractivity contribution in [1.29, 1.82) is 0 Å². The molecule has 0 bridgehead atoms. The Morgan fingerprint density at radius 3 is 2.88 bits per heavy atom. The number of para-hydroxylation sites is 1. The van der Waals surface area contributed by atoms with Crippen molar-refractivity contribution in [2.24, 2.45) is 0 Å². The number of anilines is 1. The molecule has 1 unspecified atom stereocenters. The highest BCUT2D eigenvalue weighted by molar-refractivity contribution is 9.10. The van der Waals surface area contributed by atoms with Crippen LogP contribution < -0.4 is 5.73 Å². The zero-order valence-corrected chi connectivity index (χ0v) is 11.1. The number of nitrogens with two attached hydrogens (primary N) is 1. The molecule has 0 spiro atoms. The zero-order chi connectivity index (χ0) is 12.1. The molecule has 1 atom stereocenters. The van der Waals surface area contributed by atoms with Crippen LogP contribution in [0.3, 0.4) is 0 Å². The molecule has 0 aliphatic carbocycles. The molecule has 88 valence electrons. The van der Waals surface area contributed by atoms with Gasteiger partial charge in [-0.1, -0.05) is 19.4 Å². The molecule has 1 aromatic rings. The summed E-state index contributed by atoms with van der Waals surface area (Å²) in [4.78, 5) is 11.8. The summed E-state index contributed by atoms with van der Waals surface area (Å²) in [7, 11) is 0. The average molecular weight is 286 g/mol. The van der Waals surface area contributed by atoms with E-state index in [4.69, 9.17) is 10.5 Å². The van der Waals surface area contributed by atoms with Gasteiger partial charge in [-0.05, 0) is 41.4 Å². The lowest BCUT2D eigenvalue weighted by Gasteiger charge is -2.13. The van der Waals surface area contributed by atoms with E-state index < -0.39 is 0 Å². The van der Waals surface area contributed by atoms with Gasteiger partial charge in [-0.15, -0.1) is 0 Å². The SMILES string of the molecule is CCCC(C)OC(=O)c1cccc(Br)c1N. The first-order chi connectivity index (χ1) is 7.56. The zero-order valence-electron chi connectivity index (χ0n) is 9.50. The quantitative estimate of drug-likeness (QED) is 0.682. The van der Waals surface area contributed by atoms with Crippen LogP contribution in [0.4, 0.5) is 5.69 Å². The lowest BCUT2D eigenvalue weighted by molar-refractivity contribution is 0.0324. The number of esters is 1. The molecule has 2 N–H and O–H groups in total. The van der Waals surface area contributed by atoms with Crippen molar-refractivity contribution in [3.63, 3.8) is 0 Å². The van der Waals surface area contributed by atoms with Gasteiger partial charge in [0.05, 0.1) is 17.4 Å². The fourth-order valence-corrected chi connectivity index (χ4v) is 1.79. The predicted molar refractivity (Wildman–Crippen MR) is 68.3 cm³/mol. The Labute approximate surface area is 104 Å². The lowest BCUT2D eigenvalue weighted by atomic mass is 10.2. The smallest absolute Gasteiger partial charge is 0.340 e. The van der Waals surface area contributed by atoms with Crippen molar-refractivity contribution >= 4 is 27.6 Å². The van der Waals surface area contributed by atoms with Crippen LogP contribution in [0.2, 0.25) is 0 Å². The van der Waals surface area contributed by atoms with Crippen molar-refractivity contribution in [3.05, 3.63) is 28.2 Å². The normalized spacial score (nSPS) is 12.2.